The highest BCUT2D eigenvalue weighted by atomic mass is 35.5. The van der Waals surface area contributed by atoms with Crippen LogP contribution < -0.4 is 4.90 Å². The lowest BCUT2D eigenvalue weighted by Crippen LogP contribution is -2.29. The summed E-state index contributed by atoms with van der Waals surface area (Å²) in [6, 6.07) is 8.12. The molecule has 2 nitrogen and oxygen atoms in total. The third kappa shape index (κ3) is 2.22. The first kappa shape index (κ1) is 10.8. The van der Waals surface area contributed by atoms with Gasteiger partial charge in [-0.15, -0.1) is 0 Å². The zero-order valence-electron chi connectivity index (χ0n) is 9.69. The van der Waals surface area contributed by atoms with Crippen molar-refractivity contribution in [1.82, 2.24) is 4.98 Å². The normalized spacial score (nSPS) is 16.4. The number of anilines is 1. The van der Waals surface area contributed by atoms with Gasteiger partial charge >= 0.3 is 0 Å². The van der Waals surface area contributed by atoms with Crippen LogP contribution in [0.4, 0.5) is 5.82 Å². The van der Waals surface area contributed by atoms with Crippen LogP contribution >= 0.6 is 11.6 Å². The van der Waals surface area contributed by atoms with Gasteiger partial charge in [0.05, 0.1) is 0 Å². The molecule has 17 heavy (non-hydrogen) atoms. The van der Waals surface area contributed by atoms with Gasteiger partial charge in [-0.25, -0.2) is 4.98 Å². The van der Waals surface area contributed by atoms with Crippen molar-refractivity contribution in [2.24, 2.45) is 0 Å². The topological polar surface area (TPSA) is 16.1 Å². The smallest absolute Gasteiger partial charge is 0.129 e. The second kappa shape index (κ2) is 4.53. The summed E-state index contributed by atoms with van der Waals surface area (Å²) in [5, 5.41) is 3.09. The third-order valence-electron chi connectivity index (χ3n) is 3.35. The van der Waals surface area contributed by atoms with Gasteiger partial charge in [0.15, 0.2) is 0 Å². The van der Waals surface area contributed by atoms with Crippen molar-refractivity contribution in [2.75, 3.05) is 18.0 Å². The van der Waals surface area contributed by atoms with E-state index in [2.05, 4.69) is 22.0 Å². The average Bonchev–Trinajstić information content (AvgIpc) is 2.39. The molecule has 0 unspecified atom stereocenters. The summed E-state index contributed by atoms with van der Waals surface area (Å²) in [5.41, 5.74) is 0. The Morgan fingerprint density at radius 3 is 2.65 bits per heavy atom. The third-order valence-corrected chi connectivity index (χ3v) is 3.58. The number of piperidine rings is 1. The van der Waals surface area contributed by atoms with E-state index in [1.54, 1.807) is 0 Å². The molecule has 88 valence electrons. The number of benzene rings is 1. The van der Waals surface area contributed by atoms with Gasteiger partial charge in [0.1, 0.15) is 5.82 Å². The molecule has 2 heterocycles. The van der Waals surface area contributed by atoms with E-state index in [0.29, 0.717) is 0 Å². The molecular formula is C14H15ClN2. The molecule has 0 saturated carbocycles. The molecule has 0 radical (unpaired) electrons. The SMILES string of the molecule is Clc1ccc2cc(N3CCCCC3)ncc2c1. The van der Waals surface area contributed by atoms with Crippen LogP contribution in [0.5, 0.6) is 0 Å². The molecule has 0 aliphatic carbocycles. The second-order valence-corrected chi connectivity index (χ2v) is 5.02. The maximum atomic E-state index is 5.97. The van der Waals surface area contributed by atoms with Gasteiger partial charge in [0.25, 0.3) is 0 Å². The van der Waals surface area contributed by atoms with Gasteiger partial charge in [-0.2, -0.15) is 0 Å². The Morgan fingerprint density at radius 2 is 1.82 bits per heavy atom. The highest BCUT2D eigenvalue weighted by molar-refractivity contribution is 6.31. The first-order chi connectivity index (χ1) is 8.33. The summed E-state index contributed by atoms with van der Waals surface area (Å²) in [6.45, 7) is 2.26. The minimum Gasteiger partial charge on any atom is -0.357 e. The van der Waals surface area contributed by atoms with Crippen molar-refractivity contribution in [3.05, 3.63) is 35.5 Å². The molecule has 3 heteroatoms. The quantitative estimate of drug-likeness (QED) is 0.759. The lowest BCUT2D eigenvalue weighted by molar-refractivity contribution is 0.574. The Bertz CT molecular complexity index is 533. The molecule has 1 saturated heterocycles. The number of hydrogen-bond acceptors (Lipinski definition) is 2. The van der Waals surface area contributed by atoms with Crippen molar-refractivity contribution in [1.29, 1.82) is 0 Å². The molecule has 1 fully saturated rings. The van der Waals surface area contributed by atoms with Gasteiger partial charge in [0.2, 0.25) is 0 Å². The van der Waals surface area contributed by atoms with Crippen molar-refractivity contribution in [3.63, 3.8) is 0 Å². The molecular weight excluding hydrogens is 232 g/mol. The van der Waals surface area contributed by atoms with Gasteiger partial charge in [-0.05, 0) is 42.8 Å². The predicted octanol–water partition coefficient (Wildman–Crippen LogP) is 3.88. The Labute approximate surface area is 106 Å². The van der Waals surface area contributed by atoms with E-state index in [0.717, 1.165) is 29.3 Å². The zero-order chi connectivity index (χ0) is 11.7. The number of aromatic nitrogens is 1. The van der Waals surface area contributed by atoms with E-state index in [1.807, 2.05) is 18.3 Å². The van der Waals surface area contributed by atoms with Gasteiger partial charge < -0.3 is 4.90 Å². The van der Waals surface area contributed by atoms with Crippen molar-refractivity contribution < 1.29 is 0 Å². The monoisotopic (exact) mass is 246 g/mol. The maximum Gasteiger partial charge on any atom is 0.129 e. The van der Waals surface area contributed by atoms with Crippen LogP contribution in [0.3, 0.4) is 0 Å². The molecule has 2 aromatic rings. The fourth-order valence-corrected chi connectivity index (χ4v) is 2.58. The van der Waals surface area contributed by atoms with E-state index in [1.165, 1.54) is 24.6 Å². The summed E-state index contributed by atoms with van der Waals surface area (Å²) in [5.74, 6) is 1.10. The molecule has 0 N–H and O–H groups in total. The van der Waals surface area contributed by atoms with Crippen LogP contribution in [0.2, 0.25) is 5.02 Å². The summed E-state index contributed by atoms with van der Waals surface area (Å²) in [6.07, 6.45) is 5.82. The van der Waals surface area contributed by atoms with Crippen LogP contribution in [0, 0.1) is 0 Å². The Kier molecular flexibility index (Phi) is 2.89. The number of hydrogen-bond donors (Lipinski definition) is 0. The minimum absolute atomic E-state index is 0.769. The molecule has 1 aliphatic rings. The number of halogens is 1. The van der Waals surface area contributed by atoms with Gasteiger partial charge in [0, 0.05) is 29.7 Å². The molecule has 1 aromatic carbocycles. The molecule has 1 aliphatic heterocycles. The van der Waals surface area contributed by atoms with E-state index in [9.17, 15) is 0 Å². The molecule has 1 aromatic heterocycles. The van der Waals surface area contributed by atoms with Crippen LogP contribution in [0.1, 0.15) is 19.3 Å². The highest BCUT2D eigenvalue weighted by Gasteiger charge is 2.12. The second-order valence-electron chi connectivity index (χ2n) is 4.58. The Morgan fingerprint density at radius 1 is 1.00 bits per heavy atom. The van der Waals surface area contributed by atoms with E-state index < -0.39 is 0 Å². The number of rotatable bonds is 1. The average molecular weight is 247 g/mol. The molecule has 0 bridgehead atoms. The summed E-state index contributed by atoms with van der Waals surface area (Å²) in [7, 11) is 0. The van der Waals surface area contributed by atoms with Crippen LogP contribution in [0.25, 0.3) is 10.8 Å². The van der Waals surface area contributed by atoms with E-state index >= 15 is 0 Å². The fourth-order valence-electron chi connectivity index (χ4n) is 2.40. The van der Waals surface area contributed by atoms with Crippen molar-refractivity contribution in [2.45, 2.75) is 19.3 Å². The van der Waals surface area contributed by atoms with Crippen LogP contribution in [0.15, 0.2) is 30.5 Å². The number of fused-ring (bicyclic) bond motifs is 1. The standard InChI is InChI=1S/C14H15ClN2/c15-13-5-4-11-9-14(16-10-12(11)8-13)17-6-2-1-3-7-17/h4-5,8-10H,1-3,6-7H2. The van der Waals surface area contributed by atoms with E-state index in [-0.39, 0.29) is 0 Å². The largest absolute Gasteiger partial charge is 0.357 e. The summed E-state index contributed by atoms with van der Waals surface area (Å²) in [4.78, 5) is 6.91. The molecule has 0 spiro atoms. The number of pyridine rings is 1. The first-order valence-corrected chi connectivity index (χ1v) is 6.51. The van der Waals surface area contributed by atoms with Crippen LogP contribution in [-0.4, -0.2) is 18.1 Å². The predicted molar refractivity (Wildman–Crippen MR) is 72.8 cm³/mol. The van der Waals surface area contributed by atoms with Gasteiger partial charge in [-0.1, -0.05) is 17.7 Å². The zero-order valence-corrected chi connectivity index (χ0v) is 10.5. The van der Waals surface area contributed by atoms with Gasteiger partial charge in [-0.3, -0.25) is 0 Å². The number of nitrogens with zero attached hydrogens (tertiary/aromatic N) is 2. The van der Waals surface area contributed by atoms with Crippen molar-refractivity contribution in [3.8, 4) is 0 Å². The molecule has 3 rings (SSSR count). The Hall–Kier alpha value is -1.28. The highest BCUT2D eigenvalue weighted by Crippen LogP contribution is 2.24. The maximum absolute atomic E-state index is 5.97. The molecule has 0 atom stereocenters. The lowest BCUT2D eigenvalue weighted by atomic mass is 10.1. The summed E-state index contributed by atoms with van der Waals surface area (Å²) >= 11 is 5.97. The lowest BCUT2D eigenvalue weighted by Gasteiger charge is -2.27. The van der Waals surface area contributed by atoms with Crippen LogP contribution in [-0.2, 0) is 0 Å². The Balaban J connectivity index is 1.98. The summed E-state index contributed by atoms with van der Waals surface area (Å²) < 4.78 is 0. The van der Waals surface area contributed by atoms with E-state index in [4.69, 9.17) is 11.6 Å². The van der Waals surface area contributed by atoms with Crippen molar-refractivity contribution >= 4 is 28.2 Å². The fraction of sp³-hybridized carbons (Fsp3) is 0.357. The first-order valence-electron chi connectivity index (χ1n) is 6.13. The molecule has 0 amide bonds. The minimum atomic E-state index is 0.769.